The summed E-state index contributed by atoms with van der Waals surface area (Å²) in [7, 11) is 0. The lowest BCUT2D eigenvalue weighted by Crippen LogP contribution is -2.29. The van der Waals surface area contributed by atoms with Crippen molar-refractivity contribution in [1.29, 1.82) is 0 Å². The molecule has 0 spiro atoms. The molecule has 2 rings (SSSR count). The van der Waals surface area contributed by atoms with Crippen molar-refractivity contribution < 1.29 is 4.79 Å². The number of alkyl halides is 1. The van der Waals surface area contributed by atoms with Crippen molar-refractivity contribution in [2.45, 2.75) is 12.8 Å². The molecule has 0 aliphatic carbocycles. The van der Waals surface area contributed by atoms with Gasteiger partial charge in [-0.2, -0.15) is 0 Å². The van der Waals surface area contributed by atoms with Gasteiger partial charge in [0.1, 0.15) is 0 Å². The summed E-state index contributed by atoms with van der Waals surface area (Å²) < 4.78 is 1.04. The van der Waals surface area contributed by atoms with Crippen LogP contribution in [0.1, 0.15) is 23.2 Å². The Kier molecular flexibility index (Phi) is 4.85. The number of hydrogen-bond donors (Lipinski definition) is 0. The molecule has 0 saturated carbocycles. The van der Waals surface area contributed by atoms with E-state index in [0.29, 0.717) is 5.92 Å². The zero-order chi connectivity index (χ0) is 12.3. The Morgan fingerprint density at radius 3 is 2.94 bits per heavy atom. The van der Waals surface area contributed by atoms with Gasteiger partial charge in [-0.05, 0) is 53.5 Å². The summed E-state index contributed by atoms with van der Waals surface area (Å²) in [6, 6.07) is 7.80. The molecule has 2 nitrogen and oxygen atoms in total. The van der Waals surface area contributed by atoms with Gasteiger partial charge in [-0.15, -0.1) is 0 Å². The molecule has 1 unspecified atom stereocenters. The van der Waals surface area contributed by atoms with Crippen LogP contribution in [0.15, 0.2) is 24.3 Å². The summed E-state index contributed by atoms with van der Waals surface area (Å²) >= 11 is 5.70. The molecular weight excluding hydrogens is 393 g/mol. The van der Waals surface area contributed by atoms with E-state index in [2.05, 4.69) is 38.5 Å². The maximum Gasteiger partial charge on any atom is 0.254 e. The summed E-state index contributed by atoms with van der Waals surface area (Å²) in [5.74, 6) is 0.853. The second-order valence-corrected chi connectivity index (χ2v) is 6.32. The molecule has 1 aliphatic heterocycles. The summed E-state index contributed by atoms with van der Waals surface area (Å²) in [5.41, 5.74) is 0.840. The summed E-state index contributed by atoms with van der Waals surface area (Å²) in [6.07, 6.45) is 2.30. The van der Waals surface area contributed by atoms with Gasteiger partial charge in [0.05, 0.1) is 5.56 Å². The van der Waals surface area contributed by atoms with E-state index in [1.807, 2.05) is 29.2 Å². The Morgan fingerprint density at radius 1 is 1.47 bits per heavy atom. The van der Waals surface area contributed by atoms with Gasteiger partial charge in [-0.25, -0.2) is 0 Å². The van der Waals surface area contributed by atoms with Crippen molar-refractivity contribution in [3.8, 4) is 0 Å². The number of halogens is 2. The highest BCUT2D eigenvalue weighted by Gasteiger charge is 2.27. The Bertz CT molecular complexity index is 410. The third kappa shape index (κ3) is 3.22. The average molecular weight is 408 g/mol. The highest BCUT2D eigenvalue weighted by atomic mass is 127. The molecule has 0 aromatic heterocycles. The minimum atomic E-state index is 0.187. The summed E-state index contributed by atoms with van der Waals surface area (Å²) in [5, 5.41) is 1.03. The quantitative estimate of drug-likeness (QED) is 0.554. The number of amides is 1. The monoisotopic (exact) mass is 407 g/mol. The van der Waals surface area contributed by atoms with Gasteiger partial charge in [0.25, 0.3) is 5.91 Å². The first-order valence-corrected chi connectivity index (χ1v) is 8.02. The van der Waals surface area contributed by atoms with Crippen LogP contribution >= 0.6 is 38.5 Å². The van der Waals surface area contributed by atoms with E-state index in [0.717, 1.165) is 40.4 Å². The maximum absolute atomic E-state index is 12.3. The van der Waals surface area contributed by atoms with E-state index in [-0.39, 0.29) is 5.91 Å². The average Bonchev–Trinajstić information content (AvgIpc) is 2.78. The molecule has 17 heavy (non-hydrogen) atoms. The topological polar surface area (TPSA) is 20.3 Å². The Balaban J connectivity index is 2.05. The van der Waals surface area contributed by atoms with E-state index in [1.54, 1.807) is 0 Å². The van der Waals surface area contributed by atoms with Gasteiger partial charge in [0.2, 0.25) is 0 Å². The van der Waals surface area contributed by atoms with E-state index < -0.39 is 0 Å². The third-order valence-corrected chi connectivity index (χ3v) is 4.59. The first kappa shape index (κ1) is 13.3. The van der Waals surface area contributed by atoms with Crippen molar-refractivity contribution in [3.63, 3.8) is 0 Å². The molecule has 92 valence electrons. The zero-order valence-electron chi connectivity index (χ0n) is 9.53. The van der Waals surface area contributed by atoms with Crippen LogP contribution in [0.2, 0.25) is 0 Å². The van der Waals surface area contributed by atoms with Gasteiger partial charge in [-0.1, -0.05) is 28.1 Å². The van der Waals surface area contributed by atoms with Crippen LogP contribution in [0, 0.1) is 9.49 Å². The zero-order valence-corrected chi connectivity index (χ0v) is 13.3. The number of rotatable bonds is 3. The fourth-order valence-electron chi connectivity index (χ4n) is 2.21. The van der Waals surface area contributed by atoms with Crippen LogP contribution in [0.4, 0.5) is 0 Å². The van der Waals surface area contributed by atoms with Crippen LogP contribution in [0.25, 0.3) is 0 Å². The number of carbonyl (C=O) groups is 1. The first-order chi connectivity index (χ1) is 8.22. The van der Waals surface area contributed by atoms with E-state index in [1.165, 1.54) is 0 Å². The van der Waals surface area contributed by atoms with Gasteiger partial charge in [-0.3, -0.25) is 4.79 Å². The SMILES string of the molecule is O=C(c1ccccc1I)N1CCC(CCBr)C1. The number of benzene rings is 1. The lowest BCUT2D eigenvalue weighted by atomic mass is 10.1. The van der Waals surface area contributed by atoms with E-state index >= 15 is 0 Å². The van der Waals surface area contributed by atoms with Crippen molar-refractivity contribution in [2.24, 2.45) is 5.92 Å². The van der Waals surface area contributed by atoms with Crippen LogP contribution < -0.4 is 0 Å². The molecule has 0 bridgehead atoms. The van der Waals surface area contributed by atoms with Gasteiger partial charge in [0.15, 0.2) is 0 Å². The minimum Gasteiger partial charge on any atom is -0.338 e. The minimum absolute atomic E-state index is 0.187. The van der Waals surface area contributed by atoms with Crippen molar-refractivity contribution in [2.75, 3.05) is 18.4 Å². The molecular formula is C13H15BrINO. The molecule has 1 aliphatic rings. The fraction of sp³-hybridized carbons (Fsp3) is 0.462. The van der Waals surface area contributed by atoms with Gasteiger partial charge < -0.3 is 4.90 Å². The number of likely N-dealkylation sites (tertiary alicyclic amines) is 1. The Labute approximate surface area is 124 Å². The van der Waals surface area contributed by atoms with Crippen molar-refractivity contribution in [3.05, 3.63) is 33.4 Å². The molecule has 1 fully saturated rings. The summed E-state index contributed by atoms with van der Waals surface area (Å²) in [6.45, 7) is 1.82. The highest BCUT2D eigenvalue weighted by Crippen LogP contribution is 2.23. The van der Waals surface area contributed by atoms with E-state index in [9.17, 15) is 4.79 Å². The van der Waals surface area contributed by atoms with Gasteiger partial charge in [0, 0.05) is 22.0 Å². The number of hydrogen-bond acceptors (Lipinski definition) is 1. The lowest BCUT2D eigenvalue weighted by Gasteiger charge is -2.17. The first-order valence-electron chi connectivity index (χ1n) is 5.82. The molecule has 1 saturated heterocycles. The maximum atomic E-state index is 12.3. The van der Waals surface area contributed by atoms with Crippen molar-refractivity contribution >= 4 is 44.4 Å². The van der Waals surface area contributed by atoms with Gasteiger partial charge >= 0.3 is 0 Å². The molecule has 1 heterocycles. The highest BCUT2D eigenvalue weighted by molar-refractivity contribution is 14.1. The Morgan fingerprint density at radius 2 is 2.24 bits per heavy atom. The fourth-order valence-corrected chi connectivity index (χ4v) is 3.48. The number of nitrogens with zero attached hydrogens (tertiary/aromatic N) is 1. The standard InChI is InChI=1S/C13H15BrINO/c14-7-5-10-6-8-16(9-10)13(17)11-3-1-2-4-12(11)15/h1-4,10H,5-9H2. The van der Waals surface area contributed by atoms with Crippen LogP contribution in [0.5, 0.6) is 0 Å². The molecule has 0 N–H and O–H groups in total. The molecule has 1 aromatic carbocycles. The molecule has 0 radical (unpaired) electrons. The van der Waals surface area contributed by atoms with Crippen molar-refractivity contribution in [1.82, 2.24) is 4.90 Å². The molecule has 4 heteroatoms. The normalized spacial score (nSPS) is 19.6. The van der Waals surface area contributed by atoms with Crippen LogP contribution in [-0.4, -0.2) is 29.2 Å². The predicted molar refractivity (Wildman–Crippen MR) is 81.6 cm³/mol. The second kappa shape index (κ2) is 6.18. The molecule has 1 aromatic rings. The van der Waals surface area contributed by atoms with E-state index in [4.69, 9.17) is 0 Å². The number of carbonyl (C=O) groups excluding carboxylic acids is 1. The predicted octanol–water partition coefficient (Wildman–Crippen LogP) is 3.54. The third-order valence-electron chi connectivity index (χ3n) is 3.19. The molecule has 1 amide bonds. The molecule has 1 atom stereocenters. The largest absolute Gasteiger partial charge is 0.338 e. The smallest absolute Gasteiger partial charge is 0.254 e. The Hall–Kier alpha value is -0.100. The lowest BCUT2D eigenvalue weighted by molar-refractivity contribution is 0.0786. The van der Waals surface area contributed by atoms with Crippen LogP contribution in [-0.2, 0) is 0 Å². The second-order valence-electron chi connectivity index (χ2n) is 4.36. The van der Waals surface area contributed by atoms with Crippen LogP contribution in [0.3, 0.4) is 0 Å². The summed E-state index contributed by atoms with van der Waals surface area (Å²) in [4.78, 5) is 14.3.